The summed E-state index contributed by atoms with van der Waals surface area (Å²) in [4.78, 5) is 0. The zero-order valence-corrected chi connectivity index (χ0v) is 34.5. The van der Waals surface area contributed by atoms with E-state index in [0.29, 0.717) is 0 Å². The van der Waals surface area contributed by atoms with Crippen LogP contribution >= 0.6 is 0 Å². The van der Waals surface area contributed by atoms with Crippen molar-refractivity contribution >= 4 is 54.2 Å². The lowest BCUT2D eigenvalue weighted by molar-refractivity contribution is 1.16. The highest BCUT2D eigenvalue weighted by atomic mass is 28.4. The fourth-order valence-electron chi connectivity index (χ4n) is 9.10. The summed E-state index contributed by atoms with van der Waals surface area (Å²) in [6, 6.07) is 38.3. The lowest BCUT2D eigenvalue weighted by atomic mass is 10.1. The van der Waals surface area contributed by atoms with Crippen molar-refractivity contribution in [3.63, 3.8) is 0 Å². The molecule has 0 aliphatic carbocycles. The van der Waals surface area contributed by atoms with Gasteiger partial charge in [0.05, 0.1) is 22.7 Å². The van der Waals surface area contributed by atoms with Gasteiger partial charge in [-0.05, 0) is 223 Å². The molecular weight excluding hydrogens is 661 g/mol. The van der Waals surface area contributed by atoms with Crippen LogP contribution in [0.1, 0.15) is 66.8 Å². The summed E-state index contributed by atoms with van der Waals surface area (Å²) in [6.45, 7) is 27.0. The lowest BCUT2D eigenvalue weighted by Crippen LogP contribution is -2.76. The predicted molar refractivity (Wildman–Crippen MR) is 230 cm³/mol. The highest BCUT2D eigenvalue weighted by molar-refractivity contribution is 6.99. The molecule has 0 unspecified atom stereocenters. The number of benzene rings is 6. The highest BCUT2D eigenvalue weighted by Crippen LogP contribution is 2.63. The third kappa shape index (κ3) is 5.47. The van der Waals surface area contributed by atoms with Gasteiger partial charge in [-0.1, -0.05) is 24.3 Å². The number of hydrogen-bond donors (Lipinski definition) is 0. The van der Waals surface area contributed by atoms with E-state index in [4.69, 9.17) is 0 Å². The fourth-order valence-corrected chi connectivity index (χ4v) is 14.2. The Balaban J connectivity index is 1.65. The Hall–Kier alpha value is -5.26. The van der Waals surface area contributed by atoms with Gasteiger partial charge in [-0.3, -0.25) is 0 Å². The van der Waals surface area contributed by atoms with Crippen LogP contribution < -0.4 is 18.3 Å². The van der Waals surface area contributed by atoms with E-state index in [-0.39, 0.29) is 0 Å². The fraction of sp³-hybridized carbons (Fsp3) is 0.250. The van der Waals surface area contributed by atoms with Crippen molar-refractivity contribution in [1.29, 1.82) is 0 Å². The van der Waals surface area contributed by atoms with E-state index < -0.39 is 8.72 Å². The molecule has 4 nitrogen and oxygen atoms in total. The number of anilines is 8. The summed E-state index contributed by atoms with van der Waals surface area (Å²) in [7, 11) is -3.50. The van der Waals surface area contributed by atoms with Crippen molar-refractivity contribution in [2.24, 2.45) is 0 Å². The molecular formula is C48H52N4Si. The molecule has 268 valence electrons. The smallest absolute Gasteiger partial charge is 0.314 e. The zero-order chi connectivity index (χ0) is 37.7. The highest BCUT2D eigenvalue weighted by Gasteiger charge is 2.70. The molecule has 2 aliphatic rings. The minimum atomic E-state index is -3.50. The Morgan fingerprint density at radius 3 is 0.585 bits per heavy atom. The molecule has 0 fully saturated rings. The first kappa shape index (κ1) is 34.8. The summed E-state index contributed by atoms with van der Waals surface area (Å²) in [5, 5.41) is 0. The lowest BCUT2D eigenvalue weighted by Gasteiger charge is -2.50. The molecule has 2 aliphatic heterocycles. The minimum absolute atomic E-state index is 1.22. The molecule has 0 bridgehead atoms. The van der Waals surface area contributed by atoms with E-state index in [1.165, 1.54) is 112 Å². The molecule has 0 saturated heterocycles. The third-order valence-electron chi connectivity index (χ3n) is 11.2. The number of rotatable bonds is 4. The molecule has 2 heterocycles. The molecule has 0 aromatic heterocycles. The van der Waals surface area contributed by atoms with Gasteiger partial charge in [-0.2, -0.15) is 0 Å². The monoisotopic (exact) mass is 712 g/mol. The van der Waals surface area contributed by atoms with Gasteiger partial charge in [0.2, 0.25) is 0 Å². The maximum atomic E-state index is 2.78. The topological polar surface area (TPSA) is 13.0 Å². The average molecular weight is 713 g/mol. The van der Waals surface area contributed by atoms with E-state index >= 15 is 0 Å². The summed E-state index contributed by atoms with van der Waals surface area (Å²) in [5.41, 5.74) is 25.1. The molecule has 0 atom stereocenters. The third-order valence-corrected chi connectivity index (χ3v) is 15.6. The number of hydrogen-bond acceptors (Lipinski definition) is 4. The zero-order valence-electron chi connectivity index (χ0n) is 33.5. The molecule has 6 aromatic rings. The van der Waals surface area contributed by atoms with Gasteiger partial charge >= 0.3 is 8.72 Å². The van der Waals surface area contributed by atoms with Gasteiger partial charge in [-0.25, -0.2) is 0 Å². The number of aryl methyl sites for hydroxylation is 12. The predicted octanol–water partition coefficient (Wildman–Crippen LogP) is 13.1. The Morgan fingerprint density at radius 1 is 0.245 bits per heavy atom. The Kier molecular flexibility index (Phi) is 8.15. The second-order valence-corrected chi connectivity index (χ2v) is 19.2. The van der Waals surface area contributed by atoms with Crippen LogP contribution in [0.15, 0.2) is 97.1 Å². The van der Waals surface area contributed by atoms with Crippen LogP contribution in [-0.2, 0) is 0 Å². The summed E-state index contributed by atoms with van der Waals surface area (Å²) in [6.07, 6.45) is 0. The van der Waals surface area contributed by atoms with Crippen molar-refractivity contribution in [2.45, 2.75) is 83.1 Å². The number of fused-ring (bicyclic) bond motifs is 2. The van der Waals surface area contributed by atoms with E-state index in [0.717, 1.165) is 0 Å². The van der Waals surface area contributed by atoms with Gasteiger partial charge in [-0.15, -0.1) is 0 Å². The summed E-state index contributed by atoms with van der Waals surface area (Å²) in [5.74, 6) is 0. The number of nitrogens with zero attached hydrogens (tertiary/aromatic N) is 4. The molecule has 8 rings (SSSR count). The molecule has 6 aromatic carbocycles. The second-order valence-electron chi connectivity index (χ2n) is 16.2. The molecule has 0 saturated carbocycles. The van der Waals surface area contributed by atoms with Crippen LogP contribution in [0.3, 0.4) is 0 Å². The first-order chi connectivity index (χ1) is 25.1. The van der Waals surface area contributed by atoms with Gasteiger partial charge in [0, 0.05) is 22.7 Å². The molecule has 1 spiro atoms. The van der Waals surface area contributed by atoms with Gasteiger partial charge in [0.15, 0.2) is 0 Å². The van der Waals surface area contributed by atoms with Crippen LogP contribution in [0.5, 0.6) is 0 Å². The quantitative estimate of drug-likeness (QED) is 0.169. The molecule has 5 heteroatoms. The van der Waals surface area contributed by atoms with Crippen molar-refractivity contribution in [1.82, 2.24) is 0 Å². The Bertz CT molecular complexity index is 2050. The average Bonchev–Trinajstić information content (AvgIpc) is 3.47. The molecule has 0 radical (unpaired) electrons. The summed E-state index contributed by atoms with van der Waals surface area (Å²) >= 11 is 0. The van der Waals surface area contributed by atoms with E-state index in [9.17, 15) is 0 Å². The second kappa shape index (κ2) is 12.4. The standard InChI is InChI=1S/C48H52N4Si/c1-29-13-30(2)18-41(17-29)49-45-25-37(9)38(10)26-46(45)50(42-19-31(3)14-32(4)20-42)53(49)51(43-21-33(5)15-34(6)22-43)47-27-39(11)40(12)28-48(47)52(53)44-23-35(7)16-36(8)24-44/h13-28H,1-12H3. The Morgan fingerprint density at radius 2 is 0.415 bits per heavy atom. The van der Waals surface area contributed by atoms with Crippen molar-refractivity contribution in [2.75, 3.05) is 18.3 Å². The van der Waals surface area contributed by atoms with Gasteiger partial charge in [0.1, 0.15) is 0 Å². The van der Waals surface area contributed by atoms with Gasteiger partial charge < -0.3 is 18.3 Å². The van der Waals surface area contributed by atoms with Crippen LogP contribution in [0.2, 0.25) is 0 Å². The van der Waals surface area contributed by atoms with Crippen molar-refractivity contribution < 1.29 is 0 Å². The van der Waals surface area contributed by atoms with Crippen LogP contribution in [0.25, 0.3) is 0 Å². The largest absolute Gasteiger partial charge is 0.521 e. The van der Waals surface area contributed by atoms with Crippen molar-refractivity contribution in [3.8, 4) is 0 Å². The van der Waals surface area contributed by atoms with Crippen molar-refractivity contribution in [3.05, 3.63) is 164 Å². The van der Waals surface area contributed by atoms with E-state index in [1.54, 1.807) is 0 Å². The van der Waals surface area contributed by atoms with E-state index in [1.807, 2.05) is 0 Å². The van der Waals surface area contributed by atoms with Crippen LogP contribution in [0, 0.1) is 83.1 Å². The maximum absolute atomic E-state index is 3.50. The van der Waals surface area contributed by atoms with Gasteiger partial charge in [0.25, 0.3) is 0 Å². The molecule has 0 N–H and O–H groups in total. The molecule has 53 heavy (non-hydrogen) atoms. The first-order valence-electron chi connectivity index (χ1n) is 18.9. The maximum Gasteiger partial charge on any atom is 0.521 e. The molecule has 0 amide bonds. The first-order valence-corrected chi connectivity index (χ1v) is 20.7. The van der Waals surface area contributed by atoms with E-state index in [2.05, 4.69) is 198 Å². The minimum Gasteiger partial charge on any atom is -0.314 e. The van der Waals surface area contributed by atoms with Crippen LogP contribution in [0.4, 0.5) is 45.5 Å². The normalized spacial score (nSPS) is 14.4. The Labute approximate surface area is 318 Å². The SMILES string of the molecule is Cc1cc(C)cc(N2c3cc(C)c(C)cc3N(c3cc(C)cc(C)c3)[Si]23N(c2cc(C)cc(C)c2)c2cc(C)c(C)cc2N3c2cc(C)cc(C)c2)c1. The summed E-state index contributed by atoms with van der Waals surface area (Å²) < 4.78 is 11.1. The van der Waals surface area contributed by atoms with Crippen LogP contribution in [-0.4, -0.2) is 8.72 Å².